The second kappa shape index (κ2) is 38.0. The Morgan fingerprint density at radius 2 is 1.04 bits per heavy atom. The molecule has 0 bridgehead atoms. The molecule has 1 heterocycles. The van der Waals surface area contributed by atoms with E-state index < -0.39 is 18.4 Å². The number of benzene rings is 3. The SMILES string of the molecule is CCCCCCCCCCCCCC[C@@H](OCc1ccccc1)[C@@H](OCc1ccccc1)[C@H](CO[C@H]1OC(COCc2ccccc2)[C@H](C)[C@H](C)C1C)NC(=O)CCCCCCCCCCCNC(=O)C(C)(C)C. The molecule has 9 nitrogen and oxygen atoms in total. The molecule has 4 rings (SSSR count). The van der Waals surface area contributed by atoms with Crippen molar-refractivity contribution >= 4 is 11.8 Å². The first kappa shape index (κ1) is 62.9. The Kier molecular flexibility index (Phi) is 32.3. The van der Waals surface area contributed by atoms with Crippen molar-refractivity contribution in [3.8, 4) is 0 Å². The third-order valence-electron chi connectivity index (χ3n) is 15.4. The molecule has 1 saturated heterocycles. The Balaban J connectivity index is 1.44. The van der Waals surface area contributed by atoms with Crippen molar-refractivity contribution in [3.63, 3.8) is 0 Å². The van der Waals surface area contributed by atoms with E-state index in [9.17, 15) is 9.59 Å². The molecule has 0 radical (unpaired) electrons. The predicted octanol–water partition coefficient (Wildman–Crippen LogP) is 15.7. The first-order chi connectivity index (χ1) is 36.0. The van der Waals surface area contributed by atoms with Gasteiger partial charge >= 0.3 is 0 Å². The average molecular weight is 1030 g/mol. The maximum Gasteiger partial charge on any atom is 0.225 e. The van der Waals surface area contributed by atoms with Crippen LogP contribution in [0.25, 0.3) is 0 Å². The molecule has 1 fully saturated rings. The number of nitrogens with one attached hydrogen (secondary N) is 2. The Hall–Kier alpha value is -3.60. The molecule has 416 valence electrons. The van der Waals surface area contributed by atoms with Crippen molar-refractivity contribution in [2.45, 2.75) is 247 Å². The van der Waals surface area contributed by atoms with Crippen molar-refractivity contribution in [2.24, 2.45) is 23.2 Å². The maximum absolute atomic E-state index is 14.2. The second-order valence-corrected chi connectivity index (χ2v) is 22.8. The van der Waals surface area contributed by atoms with Crippen molar-refractivity contribution in [1.82, 2.24) is 10.6 Å². The van der Waals surface area contributed by atoms with E-state index in [4.69, 9.17) is 23.7 Å². The van der Waals surface area contributed by atoms with Crippen molar-refractivity contribution in [2.75, 3.05) is 19.8 Å². The zero-order chi connectivity index (χ0) is 53.1. The molecule has 1 aliphatic rings. The molecule has 74 heavy (non-hydrogen) atoms. The third-order valence-corrected chi connectivity index (χ3v) is 15.4. The van der Waals surface area contributed by atoms with Crippen LogP contribution in [0.3, 0.4) is 0 Å². The van der Waals surface area contributed by atoms with Crippen LogP contribution in [0.2, 0.25) is 0 Å². The van der Waals surface area contributed by atoms with Crippen LogP contribution < -0.4 is 10.6 Å². The molecule has 0 aliphatic carbocycles. The van der Waals surface area contributed by atoms with Gasteiger partial charge in [0.25, 0.3) is 0 Å². The Labute approximate surface area is 451 Å². The van der Waals surface area contributed by atoms with Gasteiger partial charge in [-0.2, -0.15) is 0 Å². The molecule has 8 atom stereocenters. The van der Waals surface area contributed by atoms with Gasteiger partial charge in [-0.05, 0) is 47.8 Å². The number of rotatable bonds is 41. The highest BCUT2D eigenvalue weighted by Crippen LogP contribution is 2.36. The standard InChI is InChI=1S/C65H104N2O7/c1-8-9-10-11-12-13-14-15-17-20-23-35-44-59(71-48-56-40-31-27-32-41-56)62(72-49-57-42-33-28-34-43-57)58(67-61(68)45-36-24-21-18-16-19-22-25-37-46-66-64(69)65(5,6)7)50-73-63-54(4)52(2)53(3)60(74-63)51-70-47-55-38-29-26-30-39-55/h26-34,38-43,52-54,58-60,62-63H,8-25,35-37,44-51H2,1-7H3,(H,66,69)(H,67,68)/t52-,53+,54?,58-,59+,60?,62-,63-/m0/s1. The summed E-state index contributed by atoms with van der Waals surface area (Å²) in [6.45, 7) is 17.7. The minimum absolute atomic E-state index is 0.0180. The molecule has 2 unspecified atom stereocenters. The first-order valence-electron chi connectivity index (χ1n) is 29.7. The monoisotopic (exact) mass is 1020 g/mol. The summed E-state index contributed by atoms with van der Waals surface area (Å²) in [5.41, 5.74) is 2.99. The Bertz CT molecular complexity index is 1840. The molecule has 0 saturated carbocycles. The lowest BCUT2D eigenvalue weighted by atomic mass is 9.79. The second-order valence-electron chi connectivity index (χ2n) is 22.8. The largest absolute Gasteiger partial charge is 0.374 e. The van der Waals surface area contributed by atoms with Gasteiger partial charge in [-0.1, -0.05) is 261 Å². The van der Waals surface area contributed by atoms with E-state index in [0.29, 0.717) is 38.8 Å². The molecular weight excluding hydrogens is 921 g/mol. The van der Waals surface area contributed by atoms with E-state index in [2.05, 4.69) is 86.9 Å². The molecule has 0 aromatic heterocycles. The van der Waals surface area contributed by atoms with Gasteiger partial charge < -0.3 is 34.3 Å². The number of carbonyl (C=O) groups excluding carboxylic acids is 2. The van der Waals surface area contributed by atoms with Gasteiger partial charge in [-0.25, -0.2) is 0 Å². The highest BCUT2D eigenvalue weighted by Gasteiger charge is 2.41. The van der Waals surface area contributed by atoms with E-state index in [0.717, 1.165) is 74.6 Å². The van der Waals surface area contributed by atoms with Crippen LogP contribution in [0.5, 0.6) is 0 Å². The van der Waals surface area contributed by atoms with Crippen molar-refractivity contribution in [3.05, 3.63) is 108 Å². The maximum atomic E-state index is 14.2. The van der Waals surface area contributed by atoms with Crippen LogP contribution in [0.1, 0.15) is 213 Å². The number of unbranched alkanes of at least 4 members (excludes halogenated alkanes) is 19. The van der Waals surface area contributed by atoms with Gasteiger partial charge in [0.05, 0.1) is 51.3 Å². The van der Waals surface area contributed by atoms with Crippen molar-refractivity contribution in [1.29, 1.82) is 0 Å². The van der Waals surface area contributed by atoms with Crippen LogP contribution >= 0.6 is 0 Å². The molecular formula is C65H104N2O7. The van der Waals surface area contributed by atoms with E-state index in [1.807, 2.05) is 63.2 Å². The molecule has 3 aromatic carbocycles. The molecule has 2 amide bonds. The van der Waals surface area contributed by atoms with Gasteiger partial charge in [0.15, 0.2) is 6.29 Å². The highest BCUT2D eigenvalue weighted by molar-refractivity contribution is 5.81. The lowest BCUT2D eigenvalue weighted by molar-refractivity contribution is -0.262. The summed E-state index contributed by atoms with van der Waals surface area (Å²) in [4.78, 5) is 26.4. The van der Waals surface area contributed by atoms with Crippen LogP contribution in [0, 0.1) is 23.2 Å². The van der Waals surface area contributed by atoms with Gasteiger partial charge in [0.2, 0.25) is 11.8 Å². The fraction of sp³-hybridized carbons (Fsp3) is 0.692. The normalized spacial score (nSPS) is 19.2. The van der Waals surface area contributed by atoms with E-state index in [1.54, 1.807) is 0 Å². The van der Waals surface area contributed by atoms with E-state index in [1.165, 1.54) is 89.9 Å². The Morgan fingerprint density at radius 3 is 1.57 bits per heavy atom. The summed E-state index contributed by atoms with van der Waals surface area (Å²) < 4.78 is 34.0. The fourth-order valence-corrected chi connectivity index (χ4v) is 10.1. The minimum atomic E-state index is -0.482. The zero-order valence-corrected chi connectivity index (χ0v) is 47.6. The fourth-order valence-electron chi connectivity index (χ4n) is 10.1. The summed E-state index contributed by atoms with van der Waals surface area (Å²) in [6, 6.07) is 30.5. The number of hydrogen-bond donors (Lipinski definition) is 2. The number of hydrogen-bond acceptors (Lipinski definition) is 7. The third kappa shape index (κ3) is 26.4. The molecule has 1 aliphatic heterocycles. The quantitative estimate of drug-likeness (QED) is 0.0546. The summed E-state index contributed by atoms with van der Waals surface area (Å²) in [6.07, 6.45) is 25.1. The molecule has 2 N–H and O–H groups in total. The molecule has 0 spiro atoms. The van der Waals surface area contributed by atoms with Gasteiger partial charge in [-0.15, -0.1) is 0 Å². The Morgan fingerprint density at radius 1 is 0.568 bits per heavy atom. The average Bonchev–Trinajstić information content (AvgIpc) is 3.40. The summed E-state index contributed by atoms with van der Waals surface area (Å²) in [7, 11) is 0. The first-order valence-corrected chi connectivity index (χ1v) is 29.7. The van der Waals surface area contributed by atoms with Crippen LogP contribution in [0.15, 0.2) is 91.0 Å². The number of amides is 2. The lowest BCUT2D eigenvalue weighted by Crippen LogP contribution is -2.54. The van der Waals surface area contributed by atoms with E-state index in [-0.39, 0.29) is 47.9 Å². The zero-order valence-electron chi connectivity index (χ0n) is 47.6. The summed E-state index contributed by atoms with van der Waals surface area (Å²) in [5.74, 6) is 0.879. The van der Waals surface area contributed by atoms with Crippen LogP contribution in [-0.4, -0.2) is 62.2 Å². The van der Waals surface area contributed by atoms with Gasteiger partial charge in [0, 0.05) is 24.3 Å². The molecule has 3 aromatic rings. The highest BCUT2D eigenvalue weighted by atomic mass is 16.7. The number of carbonyl (C=O) groups is 2. The smallest absolute Gasteiger partial charge is 0.225 e. The lowest BCUT2D eigenvalue weighted by Gasteiger charge is -2.44. The van der Waals surface area contributed by atoms with Gasteiger partial charge in [-0.3, -0.25) is 9.59 Å². The van der Waals surface area contributed by atoms with Crippen LogP contribution in [-0.2, 0) is 53.1 Å². The van der Waals surface area contributed by atoms with Crippen LogP contribution in [0.4, 0.5) is 0 Å². The van der Waals surface area contributed by atoms with Gasteiger partial charge in [0.1, 0.15) is 6.10 Å². The summed E-state index contributed by atoms with van der Waals surface area (Å²) >= 11 is 0. The summed E-state index contributed by atoms with van der Waals surface area (Å²) in [5, 5.41) is 6.56. The topological polar surface area (TPSA) is 104 Å². The van der Waals surface area contributed by atoms with Crippen molar-refractivity contribution < 1.29 is 33.3 Å². The number of ether oxygens (including phenoxy) is 5. The van der Waals surface area contributed by atoms with E-state index >= 15 is 0 Å². The molecule has 9 heteroatoms. The predicted molar refractivity (Wildman–Crippen MR) is 305 cm³/mol. The minimum Gasteiger partial charge on any atom is -0.374 e.